The van der Waals surface area contributed by atoms with Gasteiger partial charge in [0.25, 0.3) is 5.56 Å². The van der Waals surface area contributed by atoms with Crippen LogP contribution in [0.4, 0.5) is 5.69 Å². The number of benzene rings is 2. The Balaban J connectivity index is 1.69. The Morgan fingerprint density at radius 3 is 2.34 bits per heavy atom. The lowest BCUT2D eigenvalue weighted by Crippen LogP contribution is -2.38. The summed E-state index contributed by atoms with van der Waals surface area (Å²) in [6.07, 6.45) is 1.38. The van der Waals surface area contributed by atoms with Crippen LogP contribution >= 0.6 is 0 Å². The van der Waals surface area contributed by atoms with E-state index in [1.807, 2.05) is 45.0 Å². The summed E-state index contributed by atoms with van der Waals surface area (Å²) in [4.78, 5) is 43.2. The van der Waals surface area contributed by atoms with Crippen molar-refractivity contribution in [2.24, 2.45) is 0 Å². The van der Waals surface area contributed by atoms with E-state index in [0.29, 0.717) is 10.9 Å². The molecule has 1 heterocycles. The van der Waals surface area contributed by atoms with Gasteiger partial charge in [-0.2, -0.15) is 0 Å². The predicted octanol–water partition coefficient (Wildman–Crippen LogP) is 2.42. The van der Waals surface area contributed by atoms with Gasteiger partial charge in [-0.25, -0.2) is 4.98 Å². The molecule has 0 atom stereocenters. The maximum atomic E-state index is 12.7. The molecule has 3 aromatic rings. The van der Waals surface area contributed by atoms with Crippen LogP contribution in [-0.4, -0.2) is 39.9 Å². The highest BCUT2D eigenvalue weighted by Gasteiger charge is 2.16. The van der Waals surface area contributed by atoms with E-state index in [1.54, 1.807) is 12.1 Å². The summed E-state index contributed by atoms with van der Waals surface area (Å²) in [5.41, 5.74) is 3.91. The molecule has 1 aromatic heterocycles. The molecule has 0 aliphatic carbocycles. The first-order valence-electron chi connectivity index (χ1n) is 9.32. The number of fused-ring (bicyclic) bond motifs is 1. The van der Waals surface area contributed by atoms with E-state index in [1.165, 1.54) is 22.8 Å². The van der Waals surface area contributed by atoms with Gasteiger partial charge in [0.2, 0.25) is 11.8 Å². The summed E-state index contributed by atoms with van der Waals surface area (Å²) in [6.45, 7) is 5.42. The van der Waals surface area contributed by atoms with Crippen LogP contribution in [0, 0.1) is 20.8 Å². The summed E-state index contributed by atoms with van der Waals surface area (Å²) >= 11 is 0. The molecule has 0 aliphatic heterocycles. The SMILES string of the molecule is Cc1cccc(C)c1NC(=O)CN(C)C(=O)Cn1cnc2c(C)cccc2c1=O. The fourth-order valence-corrected chi connectivity index (χ4v) is 3.21. The fraction of sp³-hybridized carbons (Fsp3) is 0.273. The van der Waals surface area contributed by atoms with Crippen molar-refractivity contribution in [1.82, 2.24) is 14.5 Å². The fourth-order valence-electron chi connectivity index (χ4n) is 3.21. The number of likely N-dealkylation sites (N-methyl/N-ethyl adjacent to an activating group) is 1. The largest absolute Gasteiger partial charge is 0.335 e. The van der Waals surface area contributed by atoms with E-state index >= 15 is 0 Å². The molecule has 0 bridgehead atoms. The van der Waals surface area contributed by atoms with Crippen molar-refractivity contribution in [3.8, 4) is 0 Å². The summed E-state index contributed by atoms with van der Waals surface area (Å²) < 4.78 is 1.27. The Hall–Kier alpha value is -3.48. The highest BCUT2D eigenvalue weighted by Crippen LogP contribution is 2.19. The molecule has 2 aromatic carbocycles. The Morgan fingerprint density at radius 2 is 1.66 bits per heavy atom. The van der Waals surface area contributed by atoms with Crippen molar-refractivity contribution in [1.29, 1.82) is 0 Å². The summed E-state index contributed by atoms with van der Waals surface area (Å²) in [5, 5.41) is 3.32. The van der Waals surface area contributed by atoms with E-state index in [9.17, 15) is 14.4 Å². The number of rotatable bonds is 5. The monoisotopic (exact) mass is 392 g/mol. The van der Waals surface area contributed by atoms with Gasteiger partial charge in [-0.15, -0.1) is 0 Å². The minimum absolute atomic E-state index is 0.110. The van der Waals surface area contributed by atoms with Crippen molar-refractivity contribution in [3.63, 3.8) is 0 Å². The second-order valence-corrected chi connectivity index (χ2v) is 7.21. The molecule has 0 spiro atoms. The quantitative estimate of drug-likeness (QED) is 0.723. The zero-order chi connectivity index (χ0) is 21.1. The van der Waals surface area contributed by atoms with Gasteiger partial charge in [-0.3, -0.25) is 19.0 Å². The average Bonchev–Trinajstić information content (AvgIpc) is 2.67. The number of para-hydroxylation sites is 2. The molecule has 0 radical (unpaired) electrons. The van der Waals surface area contributed by atoms with Crippen molar-refractivity contribution in [2.75, 3.05) is 18.9 Å². The van der Waals surface area contributed by atoms with Gasteiger partial charge < -0.3 is 10.2 Å². The maximum absolute atomic E-state index is 12.7. The lowest BCUT2D eigenvalue weighted by molar-refractivity contribution is -0.133. The minimum atomic E-state index is -0.349. The van der Waals surface area contributed by atoms with Crippen LogP contribution in [0.1, 0.15) is 16.7 Å². The van der Waals surface area contributed by atoms with Crippen molar-refractivity contribution >= 4 is 28.4 Å². The van der Waals surface area contributed by atoms with Gasteiger partial charge in [0.1, 0.15) is 6.54 Å². The van der Waals surface area contributed by atoms with Gasteiger partial charge in [-0.1, -0.05) is 30.3 Å². The van der Waals surface area contributed by atoms with Crippen molar-refractivity contribution in [2.45, 2.75) is 27.3 Å². The van der Waals surface area contributed by atoms with Gasteiger partial charge in [0.05, 0.1) is 23.8 Å². The number of anilines is 1. The molecule has 150 valence electrons. The number of hydrogen-bond acceptors (Lipinski definition) is 4. The minimum Gasteiger partial charge on any atom is -0.335 e. The molecule has 3 rings (SSSR count). The number of carbonyl (C=O) groups is 2. The molecule has 0 saturated heterocycles. The van der Waals surface area contributed by atoms with Crippen LogP contribution in [0.25, 0.3) is 10.9 Å². The molecule has 29 heavy (non-hydrogen) atoms. The second kappa shape index (κ2) is 8.26. The van der Waals surface area contributed by atoms with Gasteiger partial charge in [0, 0.05) is 12.7 Å². The number of nitrogens with one attached hydrogen (secondary N) is 1. The summed E-state index contributed by atoms with van der Waals surface area (Å²) in [5.74, 6) is -0.643. The number of amides is 2. The normalized spacial score (nSPS) is 10.8. The Morgan fingerprint density at radius 1 is 1.03 bits per heavy atom. The molecular formula is C22H24N4O3. The Labute approximate surface area is 169 Å². The molecule has 0 unspecified atom stereocenters. The number of aromatic nitrogens is 2. The molecule has 0 fully saturated rings. The molecule has 1 N–H and O–H groups in total. The number of carbonyl (C=O) groups excluding carboxylic acids is 2. The highest BCUT2D eigenvalue weighted by atomic mass is 16.2. The van der Waals surface area contributed by atoms with Crippen LogP contribution in [0.2, 0.25) is 0 Å². The standard InChI is InChI=1S/C22H24N4O3/c1-14-7-5-8-15(2)20(14)24-18(27)11-25(4)19(28)12-26-13-23-21-16(3)9-6-10-17(21)22(26)29/h5-10,13H,11-12H2,1-4H3,(H,24,27). The predicted molar refractivity (Wildman–Crippen MR) is 113 cm³/mol. The Kier molecular flexibility index (Phi) is 5.77. The molecule has 7 heteroatoms. The lowest BCUT2D eigenvalue weighted by atomic mass is 10.1. The van der Waals surface area contributed by atoms with Crippen LogP contribution in [0.3, 0.4) is 0 Å². The van der Waals surface area contributed by atoms with Gasteiger partial charge >= 0.3 is 0 Å². The second-order valence-electron chi connectivity index (χ2n) is 7.21. The number of aryl methyl sites for hydroxylation is 3. The van der Waals surface area contributed by atoms with Crippen LogP contribution in [0.15, 0.2) is 47.5 Å². The molecule has 0 aliphatic rings. The summed E-state index contributed by atoms with van der Waals surface area (Å²) in [6, 6.07) is 11.1. The van der Waals surface area contributed by atoms with E-state index in [-0.39, 0.29) is 30.5 Å². The Bertz CT molecular complexity index is 1130. The van der Waals surface area contributed by atoms with E-state index in [4.69, 9.17) is 0 Å². The zero-order valence-corrected chi connectivity index (χ0v) is 17.0. The van der Waals surface area contributed by atoms with Gasteiger partial charge in [-0.05, 0) is 43.5 Å². The maximum Gasteiger partial charge on any atom is 0.261 e. The van der Waals surface area contributed by atoms with E-state index in [0.717, 1.165) is 22.4 Å². The zero-order valence-electron chi connectivity index (χ0n) is 17.0. The van der Waals surface area contributed by atoms with Crippen LogP contribution in [-0.2, 0) is 16.1 Å². The first kappa shape index (κ1) is 20.3. The third kappa shape index (κ3) is 4.34. The third-order valence-electron chi connectivity index (χ3n) is 4.91. The van der Waals surface area contributed by atoms with Crippen molar-refractivity contribution < 1.29 is 9.59 Å². The lowest BCUT2D eigenvalue weighted by Gasteiger charge is -2.18. The topological polar surface area (TPSA) is 84.3 Å². The number of hydrogen-bond donors (Lipinski definition) is 1. The van der Waals surface area contributed by atoms with Crippen molar-refractivity contribution in [3.05, 3.63) is 69.8 Å². The average molecular weight is 392 g/mol. The molecule has 7 nitrogen and oxygen atoms in total. The molecule has 0 saturated carbocycles. The third-order valence-corrected chi connectivity index (χ3v) is 4.91. The molecule has 2 amide bonds. The first-order chi connectivity index (χ1) is 13.8. The van der Waals surface area contributed by atoms with Gasteiger partial charge in [0.15, 0.2) is 0 Å². The molecular weight excluding hydrogens is 368 g/mol. The van der Waals surface area contributed by atoms with E-state index in [2.05, 4.69) is 10.3 Å². The van der Waals surface area contributed by atoms with Crippen LogP contribution in [0.5, 0.6) is 0 Å². The number of nitrogens with zero attached hydrogens (tertiary/aromatic N) is 3. The highest BCUT2D eigenvalue weighted by molar-refractivity contribution is 5.95. The van der Waals surface area contributed by atoms with E-state index < -0.39 is 0 Å². The summed E-state index contributed by atoms with van der Waals surface area (Å²) in [7, 11) is 1.54. The van der Waals surface area contributed by atoms with Crippen LogP contribution < -0.4 is 10.9 Å². The smallest absolute Gasteiger partial charge is 0.261 e. The first-order valence-corrected chi connectivity index (χ1v) is 9.32.